The molecule has 208 valence electrons. The minimum atomic E-state index is -3.65. The lowest BCUT2D eigenvalue weighted by Crippen LogP contribution is -2.49. The monoisotopic (exact) mass is 585 g/mol. The first kappa shape index (κ1) is 29.9. The Kier molecular flexibility index (Phi) is 10.1. The number of sulfonamides is 1. The number of amides is 2. The Bertz CT molecular complexity index is 1250. The summed E-state index contributed by atoms with van der Waals surface area (Å²) in [6.07, 6.45) is 2.06. The molecule has 2 amide bonds. The van der Waals surface area contributed by atoms with Crippen LogP contribution in [0.1, 0.15) is 45.6 Å². The highest BCUT2D eigenvalue weighted by Crippen LogP contribution is 2.36. The van der Waals surface area contributed by atoms with E-state index in [0.29, 0.717) is 32.8 Å². The summed E-state index contributed by atoms with van der Waals surface area (Å²) in [7, 11) is -3.65. The zero-order valence-electron chi connectivity index (χ0n) is 21.9. The topological polar surface area (TPSA) is 105 Å². The van der Waals surface area contributed by atoms with Crippen LogP contribution in [0.5, 0.6) is 11.5 Å². The average Bonchev–Trinajstić information content (AvgIpc) is 3.33. The lowest BCUT2D eigenvalue weighted by atomic mass is 10.1. The van der Waals surface area contributed by atoms with Gasteiger partial charge in [0.2, 0.25) is 28.6 Å². The van der Waals surface area contributed by atoms with Crippen LogP contribution in [0.2, 0.25) is 10.0 Å². The normalized spacial score (nSPS) is 14.1. The minimum absolute atomic E-state index is 0.000402. The standard InChI is InChI=1S/C26H33Cl2N3O6S/c1-5-17(2)29-26(33)18(3)30(15-20-21(27)8-6-9-22(20)28)25(32)10-7-13-31(38(4,34)35)19-11-12-23-24(14-19)37-16-36-23/h6,8-9,11-12,14,17-18H,5,7,10,13,15-16H2,1-4H3,(H,29,33)/t17-,18-/m1/s1. The Morgan fingerprint density at radius 3 is 2.37 bits per heavy atom. The Hall–Kier alpha value is -2.69. The van der Waals surface area contributed by atoms with Crippen LogP contribution in [0.3, 0.4) is 0 Å². The molecule has 38 heavy (non-hydrogen) atoms. The SMILES string of the molecule is CC[C@@H](C)NC(=O)[C@@H](C)N(Cc1c(Cl)cccc1Cl)C(=O)CCCN(c1ccc2c(c1)OCO2)S(C)(=O)=O. The second-order valence-corrected chi connectivity index (χ2v) is 11.9. The van der Waals surface area contributed by atoms with E-state index in [1.165, 1.54) is 9.21 Å². The summed E-state index contributed by atoms with van der Waals surface area (Å²) in [5, 5.41) is 3.68. The number of nitrogens with zero attached hydrogens (tertiary/aromatic N) is 2. The van der Waals surface area contributed by atoms with Gasteiger partial charge in [-0.2, -0.15) is 0 Å². The van der Waals surface area contributed by atoms with E-state index in [0.717, 1.165) is 12.7 Å². The molecule has 2 aromatic rings. The molecule has 0 fully saturated rings. The van der Waals surface area contributed by atoms with Crippen molar-refractivity contribution in [1.29, 1.82) is 0 Å². The maximum Gasteiger partial charge on any atom is 0.242 e. The first-order valence-corrected chi connectivity index (χ1v) is 14.9. The fourth-order valence-corrected chi connectivity index (χ4v) is 5.42. The van der Waals surface area contributed by atoms with Gasteiger partial charge in [-0.15, -0.1) is 0 Å². The number of benzene rings is 2. The summed E-state index contributed by atoms with van der Waals surface area (Å²) in [6, 6.07) is 9.06. The predicted molar refractivity (Wildman–Crippen MR) is 148 cm³/mol. The van der Waals surface area contributed by atoms with Gasteiger partial charge in [-0.3, -0.25) is 13.9 Å². The van der Waals surface area contributed by atoms with E-state index >= 15 is 0 Å². The number of hydrogen-bond acceptors (Lipinski definition) is 6. The third kappa shape index (κ3) is 7.45. The summed E-state index contributed by atoms with van der Waals surface area (Å²) in [5.41, 5.74) is 0.940. The number of anilines is 1. The smallest absolute Gasteiger partial charge is 0.242 e. The molecular formula is C26H33Cl2N3O6S. The molecule has 1 aliphatic rings. The van der Waals surface area contributed by atoms with Gasteiger partial charge in [0.05, 0.1) is 11.9 Å². The quantitative estimate of drug-likeness (QED) is 0.390. The molecule has 0 saturated carbocycles. The zero-order valence-corrected chi connectivity index (χ0v) is 24.2. The van der Waals surface area contributed by atoms with Crippen LogP contribution in [0.25, 0.3) is 0 Å². The molecule has 0 aromatic heterocycles. The molecule has 1 heterocycles. The van der Waals surface area contributed by atoms with Crippen molar-refractivity contribution < 1.29 is 27.5 Å². The fourth-order valence-electron chi connectivity index (χ4n) is 3.95. The predicted octanol–water partition coefficient (Wildman–Crippen LogP) is 4.60. The molecule has 0 bridgehead atoms. The van der Waals surface area contributed by atoms with Gasteiger partial charge < -0.3 is 19.7 Å². The second-order valence-electron chi connectivity index (χ2n) is 9.19. The molecule has 0 unspecified atom stereocenters. The van der Waals surface area contributed by atoms with Gasteiger partial charge in [-0.1, -0.05) is 36.2 Å². The molecule has 0 aliphatic carbocycles. The Labute approximate surface area is 234 Å². The first-order valence-electron chi connectivity index (χ1n) is 12.3. The molecular weight excluding hydrogens is 553 g/mol. The van der Waals surface area contributed by atoms with Crippen molar-refractivity contribution in [3.63, 3.8) is 0 Å². The van der Waals surface area contributed by atoms with E-state index in [9.17, 15) is 18.0 Å². The van der Waals surface area contributed by atoms with Crippen LogP contribution in [0.15, 0.2) is 36.4 Å². The molecule has 2 aromatic carbocycles. The molecule has 1 aliphatic heterocycles. The number of nitrogens with one attached hydrogen (secondary N) is 1. The molecule has 0 saturated heterocycles. The van der Waals surface area contributed by atoms with E-state index in [-0.39, 0.29) is 50.6 Å². The summed E-state index contributed by atoms with van der Waals surface area (Å²) < 4.78 is 37.0. The van der Waals surface area contributed by atoms with Crippen molar-refractivity contribution in [2.45, 2.75) is 58.7 Å². The molecule has 2 atom stereocenters. The van der Waals surface area contributed by atoms with Gasteiger partial charge in [0, 0.05) is 47.2 Å². The largest absolute Gasteiger partial charge is 0.454 e. The van der Waals surface area contributed by atoms with Gasteiger partial charge >= 0.3 is 0 Å². The molecule has 3 rings (SSSR count). The van der Waals surface area contributed by atoms with Crippen molar-refractivity contribution in [3.8, 4) is 11.5 Å². The number of carbonyl (C=O) groups excluding carboxylic acids is 2. The Morgan fingerprint density at radius 1 is 1.08 bits per heavy atom. The molecule has 12 heteroatoms. The van der Waals surface area contributed by atoms with Crippen LogP contribution >= 0.6 is 23.2 Å². The minimum Gasteiger partial charge on any atom is -0.454 e. The van der Waals surface area contributed by atoms with Crippen molar-refractivity contribution in [3.05, 3.63) is 52.0 Å². The van der Waals surface area contributed by atoms with Gasteiger partial charge in [-0.25, -0.2) is 8.42 Å². The Morgan fingerprint density at radius 2 is 1.74 bits per heavy atom. The van der Waals surface area contributed by atoms with Crippen LogP contribution in [0.4, 0.5) is 5.69 Å². The second kappa shape index (κ2) is 12.9. The van der Waals surface area contributed by atoms with E-state index in [1.807, 2.05) is 13.8 Å². The highest BCUT2D eigenvalue weighted by atomic mass is 35.5. The van der Waals surface area contributed by atoms with Gasteiger partial charge in [0.25, 0.3) is 0 Å². The van der Waals surface area contributed by atoms with E-state index < -0.39 is 16.1 Å². The number of carbonyl (C=O) groups is 2. The summed E-state index contributed by atoms with van der Waals surface area (Å²) in [4.78, 5) is 27.8. The number of hydrogen-bond donors (Lipinski definition) is 1. The highest BCUT2D eigenvalue weighted by Gasteiger charge is 2.28. The number of halogens is 2. The number of fused-ring (bicyclic) bond motifs is 1. The van der Waals surface area contributed by atoms with Crippen molar-refractivity contribution in [1.82, 2.24) is 10.2 Å². The van der Waals surface area contributed by atoms with Gasteiger partial charge in [0.1, 0.15) is 6.04 Å². The number of rotatable bonds is 12. The Balaban J connectivity index is 1.77. The van der Waals surface area contributed by atoms with Crippen molar-refractivity contribution >= 4 is 50.7 Å². The first-order chi connectivity index (χ1) is 17.9. The summed E-state index contributed by atoms with van der Waals surface area (Å²) in [6.45, 7) is 5.64. The van der Waals surface area contributed by atoms with E-state index in [2.05, 4.69) is 5.32 Å². The third-order valence-electron chi connectivity index (χ3n) is 6.35. The van der Waals surface area contributed by atoms with Crippen LogP contribution < -0.4 is 19.1 Å². The van der Waals surface area contributed by atoms with Crippen molar-refractivity contribution in [2.75, 3.05) is 23.9 Å². The highest BCUT2D eigenvalue weighted by molar-refractivity contribution is 7.92. The fraction of sp³-hybridized carbons (Fsp3) is 0.462. The number of ether oxygens (including phenoxy) is 2. The molecule has 0 radical (unpaired) electrons. The maximum absolute atomic E-state index is 13.4. The van der Waals surface area contributed by atoms with Gasteiger partial charge in [-0.05, 0) is 51.0 Å². The lowest BCUT2D eigenvalue weighted by Gasteiger charge is -2.30. The molecule has 9 nitrogen and oxygen atoms in total. The zero-order chi connectivity index (χ0) is 28.0. The van der Waals surface area contributed by atoms with E-state index in [1.54, 1.807) is 43.3 Å². The average molecular weight is 587 g/mol. The third-order valence-corrected chi connectivity index (χ3v) is 8.26. The molecule has 1 N–H and O–H groups in total. The van der Waals surface area contributed by atoms with Gasteiger partial charge in [0.15, 0.2) is 11.5 Å². The van der Waals surface area contributed by atoms with Crippen molar-refractivity contribution in [2.24, 2.45) is 0 Å². The van der Waals surface area contributed by atoms with Crippen LogP contribution in [0, 0.1) is 0 Å². The molecule has 0 spiro atoms. The summed E-state index contributed by atoms with van der Waals surface area (Å²) in [5.74, 6) is 0.369. The van der Waals surface area contributed by atoms with E-state index in [4.69, 9.17) is 32.7 Å². The maximum atomic E-state index is 13.4. The summed E-state index contributed by atoms with van der Waals surface area (Å²) >= 11 is 12.7. The lowest BCUT2D eigenvalue weighted by molar-refractivity contribution is -0.140. The van der Waals surface area contributed by atoms with Crippen LogP contribution in [-0.4, -0.2) is 56.8 Å². The van der Waals surface area contributed by atoms with Crippen LogP contribution in [-0.2, 0) is 26.2 Å².